The Morgan fingerprint density at radius 3 is 1.73 bits per heavy atom. The third-order valence-electron chi connectivity index (χ3n) is 2.70. The van der Waals surface area contributed by atoms with E-state index < -0.39 is 0 Å². The molecule has 0 rings (SSSR count). The molecule has 0 aromatic rings. The third kappa shape index (κ3) is 13.2. The van der Waals surface area contributed by atoms with Crippen molar-refractivity contribution < 1.29 is 0 Å². The van der Waals surface area contributed by atoms with Crippen molar-refractivity contribution in [1.29, 1.82) is 5.26 Å². The van der Waals surface area contributed by atoms with E-state index in [2.05, 4.69) is 12.6 Å². The zero-order valence-electron chi connectivity index (χ0n) is 10.0. The number of allylic oxidation sites excluding steroid dienone is 1. The second kappa shape index (κ2) is 13.2. The van der Waals surface area contributed by atoms with Crippen molar-refractivity contribution in [3.63, 3.8) is 0 Å². The average molecular weight is 207 g/mol. The van der Waals surface area contributed by atoms with Crippen molar-refractivity contribution >= 4 is 0 Å². The van der Waals surface area contributed by atoms with Crippen LogP contribution >= 0.6 is 0 Å². The van der Waals surface area contributed by atoms with Gasteiger partial charge in [-0.2, -0.15) is 5.26 Å². The highest BCUT2D eigenvalue weighted by Crippen LogP contribution is 2.11. The van der Waals surface area contributed by atoms with E-state index in [0.29, 0.717) is 0 Å². The number of hydrogen-bond acceptors (Lipinski definition) is 1. The van der Waals surface area contributed by atoms with Gasteiger partial charge < -0.3 is 0 Å². The van der Waals surface area contributed by atoms with Gasteiger partial charge in [0.2, 0.25) is 0 Å². The predicted molar refractivity (Wildman–Crippen MR) is 66.6 cm³/mol. The van der Waals surface area contributed by atoms with E-state index in [1.54, 1.807) is 0 Å². The first-order valence-corrected chi connectivity index (χ1v) is 6.39. The molecule has 0 aliphatic heterocycles. The molecule has 0 spiro atoms. The van der Waals surface area contributed by atoms with Crippen LogP contribution in [0.25, 0.3) is 0 Å². The lowest BCUT2D eigenvalue weighted by atomic mass is 10.1. The molecule has 15 heavy (non-hydrogen) atoms. The molecule has 0 saturated heterocycles. The smallest absolute Gasteiger partial charge is 0.0621 e. The zero-order valence-corrected chi connectivity index (χ0v) is 10.0. The Labute approximate surface area is 95.2 Å². The molecule has 1 heteroatoms. The molecule has 0 radical (unpaired) electrons. The molecule has 0 heterocycles. The molecule has 1 nitrogen and oxygen atoms in total. The number of nitriles is 1. The summed E-state index contributed by atoms with van der Waals surface area (Å²) in [6, 6.07) is 2.19. The Hall–Kier alpha value is -0.770. The number of unbranched alkanes of at least 4 members (excludes halogenated alkanes) is 10. The first-order chi connectivity index (χ1) is 7.41. The fourth-order valence-electron chi connectivity index (χ4n) is 1.73. The highest BCUT2D eigenvalue weighted by atomic mass is 14.2. The Morgan fingerprint density at radius 1 is 0.800 bits per heavy atom. The zero-order chi connectivity index (χ0) is 11.2. The molecule has 0 saturated carbocycles. The first kappa shape index (κ1) is 14.2. The van der Waals surface area contributed by atoms with Crippen LogP contribution in [0.15, 0.2) is 12.7 Å². The Balaban J connectivity index is 2.87. The van der Waals surface area contributed by atoms with Gasteiger partial charge in [0.15, 0.2) is 0 Å². The maximum atomic E-state index is 8.35. The summed E-state index contributed by atoms with van der Waals surface area (Å²) in [5, 5.41) is 8.35. The van der Waals surface area contributed by atoms with Gasteiger partial charge in [-0.3, -0.25) is 0 Å². The maximum absolute atomic E-state index is 8.35. The van der Waals surface area contributed by atoms with E-state index >= 15 is 0 Å². The minimum Gasteiger partial charge on any atom is -0.198 e. The molecular formula is C14H25N. The Morgan fingerprint density at radius 2 is 1.27 bits per heavy atom. The SMILES string of the molecule is C=CCCCCCCCCCCCC#N. The van der Waals surface area contributed by atoms with Crippen molar-refractivity contribution in [3.05, 3.63) is 12.7 Å². The second-order valence-corrected chi connectivity index (χ2v) is 4.17. The van der Waals surface area contributed by atoms with Crippen LogP contribution in [-0.2, 0) is 0 Å². The largest absolute Gasteiger partial charge is 0.198 e. The van der Waals surface area contributed by atoms with E-state index in [1.807, 2.05) is 6.08 Å². The number of rotatable bonds is 11. The fraction of sp³-hybridized carbons (Fsp3) is 0.786. The highest BCUT2D eigenvalue weighted by molar-refractivity contribution is 4.67. The van der Waals surface area contributed by atoms with Crippen molar-refractivity contribution in [2.24, 2.45) is 0 Å². The van der Waals surface area contributed by atoms with Gasteiger partial charge >= 0.3 is 0 Å². The summed E-state index contributed by atoms with van der Waals surface area (Å²) < 4.78 is 0. The topological polar surface area (TPSA) is 23.8 Å². The summed E-state index contributed by atoms with van der Waals surface area (Å²) in [6.07, 6.45) is 15.7. The fourth-order valence-corrected chi connectivity index (χ4v) is 1.73. The molecule has 0 bridgehead atoms. The lowest BCUT2D eigenvalue weighted by Gasteiger charge is -2.00. The molecule has 0 N–H and O–H groups in total. The van der Waals surface area contributed by atoms with Gasteiger partial charge in [-0.15, -0.1) is 6.58 Å². The highest BCUT2D eigenvalue weighted by Gasteiger charge is 1.92. The maximum Gasteiger partial charge on any atom is 0.0621 e. The molecule has 86 valence electrons. The first-order valence-electron chi connectivity index (χ1n) is 6.39. The van der Waals surface area contributed by atoms with E-state index in [0.717, 1.165) is 12.8 Å². The van der Waals surface area contributed by atoms with Gasteiger partial charge in [-0.25, -0.2) is 0 Å². The summed E-state index contributed by atoms with van der Waals surface area (Å²) in [7, 11) is 0. The average Bonchev–Trinajstić information content (AvgIpc) is 2.26. The molecule has 0 atom stereocenters. The van der Waals surface area contributed by atoms with Gasteiger partial charge in [0.25, 0.3) is 0 Å². The standard InChI is InChI=1S/C14H25N/c1-2-3-4-5-6-7-8-9-10-11-12-13-14-15/h2H,1,3-13H2. The summed E-state index contributed by atoms with van der Waals surface area (Å²) >= 11 is 0. The van der Waals surface area contributed by atoms with Gasteiger partial charge in [0.1, 0.15) is 0 Å². The number of nitrogens with zero attached hydrogens (tertiary/aromatic N) is 1. The molecule has 0 aliphatic rings. The van der Waals surface area contributed by atoms with Gasteiger partial charge in [-0.05, 0) is 19.3 Å². The van der Waals surface area contributed by atoms with E-state index in [-0.39, 0.29) is 0 Å². The minimum absolute atomic E-state index is 0.738. The molecule has 0 fully saturated rings. The van der Waals surface area contributed by atoms with Crippen molar-refractivity contribution in [1.82, 2.24) is 0 Å². The van der Waals surface area contributed by atoms with Crippen LogP contribution in [0.5, 0.6) is 0 Å². The monoisotopic (exact) mass is 207 g/mol. The van der Waals surface area contributed by atoms with Crippen molar-refractivity contribution in [2.45, 2.75) is 70.6 Å². The van der Waals surface area contributed by atoms with Crippen LogP contribution in [-0.4, -0.2) is 0 Å². The van der Waals surface area contributed by atoms with Crippen LogP contribution in [0, 0.1) is 11.3 Å². The third-order valence-corrected chi connectivity index (χ3v) is 2.70. The number of hydrogen-bond donors (Lipinski definition) is 0. The lowest BCUT2D eigenvalue weighted by molar-refractivity contribution is 0.562. The molecule has 0 unspecified atom stereocenters. The van der Waals surface area contributed by atoms with E-state index in [9.17, 15) is 0 Å². The molecule has 0 aromatic carbocycles. The normalized spacial score (nSPS) is 9.80. The van der Waals surface area contributed by atoms with Crippen molar-refractivity contribution in [3.8, 4) is 6.07 Å². The van der Waals surface area contributed by atoms with Gasteiger partial charge in [-0.1, -0.05) is 51.0 Å². The molecule has 0 amide bonds. The minimum atomic E-state index is 0.738. The Kier molecular flexibility index (Phi) is 12.6. The summed E-state index contributed by atoms with van der Waals surface area (Å²) in [5.41, 5.74) is 0. The molecule has 0 aliphatic carbocycles. The van der Waals surface area contributed by atoms with E-state index in [1.165, 1.54) is 57.8 Å². The van der Waals surface area contributed by atoms with Crippen LogP contribution in [0.2, 0.25) is 0 Å². The van der Waals surface area contributed by atoms with Gasteiger partial charge in [0.05, 0.1) is 6.07 Å². The predicted octanol–water partition coefficient (Wildman–Crippen LogP) is 4.99. The quantitative estimate of drug-likeness (QED) is 0.346. The Bertz CT molecular complexity index is 167. The van der Waals surface area contributed by atoms with Crippen LogP contribution in [0.3, 0.4) is 0 Å². The summed E-state index contributed by atoms with van der Waals surface area (Å²) in [4.78, 5) is 0. The van der Waals surface area contributed by atoms with Gasteiger partial charge in [0, 0.05) is 6.42 Å². The van der Waals surface area contributed by atoms with Crippen LogP contribution in [0.4, 0.5) is 0 Å². The van der Waals surface area contributed by atoms with Crippen LogP contribution in [0.1, 0.15) is 70.6 Å². The lowest BCUT2D eigenvalue weighted by Crippen LogP contribution is -1.81. The molecule has 0 aromatic heterocycles. The van der Waals surface area contributed by atoms with Crippen LogP contribution < -0.4 is 0 Å². The summed E-state index contributed by atoms with van der Waals surface area (Å²) in [6.45, 7) is 3.72. The van der Waals surface area contributed by atoms with Crippen molar-refractivity contribution in [2.75, 3.05) is 0 Å². The van der Waals surface area contributed by atoms with E-state index in [4.69, 9.17) is 5.26 Å². The second-order valence-electron chi connectivity index (χ2n) is 4.17. The summed E-state index contributed by atoms with van der Waals surface area (Å²) in [5.74, 6) is 0. The molecular weight excluding hydrogens is 182 g/mol.